The Balaban J connectivity index is 0.847. The maximum absolute atomic E-state index is 11.6. The molecule has 0 bridgehead atoms. The first kappa shape index (κ1) is 50.0. The van der Waals surface area contributed by atoms with E-state index in [0.717, 1.165) is 154 Å². The van der Waals surface area contributed by atoms with Gasteiger partial charge in [-0.05, 0) is 163 Å². The van der Waals surface area contributed by atoms with Crippen molar-refractivity contribution in [1.29, 1.82) is 10.5 Å². The minimum atomic E-state index is 0.395. The van der Waals surface area contributed by atoms with Gasteiger partial charge in [-0.2, -0.15) is 10.5 Å². The number of para-hydroxylation sites is 5. The van der Waals surface area contributed by atoms with E-state index in [4.69, 9.17) is 8.83 Å². The molecule has 0 fully saturated rings. The van der Waals surface area contributed by atoms with Gasteiger partial charge in [0.25, 0.3) is 0 Å². The minimum Gasteiger partial charge on any atom is -0.456 e. The standard InChI is InChI=1S/C81H48N6O2/c1-3-4-26-76-48(2)57-32-38-72-78(80(57)88-76)64-42-51(49-28-34-68-62(40-49)58-21-11-14-24-66(58)84(68)55-17-7-5-8-18-55)30-36-70(64)86(72)74-44-54(47-83)75(45-53(74)46-82)87-71-37-31-52(43-65(71)79-73(87)39-33-61-60-23-13-16-27-77(60)89-81(61)79)50-29-35-69-63(41-50)59-22-12-15-25-67(59)85(69)56-19-9-6-10-20-56/h3-45H,1H2,2H3/b26-4-. The summed E-state index contributed by atoms with van der Waals surface area (Å²) in [6, 6.07) is 90.5. The lowest BCUT2D eigenvalue weighted by Gasteiger charge is -2.16. The van der Waals surface area contributed by atoms with Gasteiger partial charge in [0.2, 0.25) is 0 Å². The SMILES string of the molecule is C=C/C=C\c1oc2c(ccc3c2c2cc(-c4ccc5c(c4)c4ccccc4n5-c4ccccc4)ccc2n3-c2cc(C#N)c(-n3c4ccc(-c5ccc6c(c5)c5ccccc5n6-c5ccccc5)cc4c4c5oc6ccccc6c5ccc43)cc2C#N)c1C. The van der Waals surface area contributed by atoms with Crippen LogP contribution in [0.5, 0.6) is 0 Å². The molecule has 18 rings (SSSR count). The summed E-state index contributed by atoms with van der Waals surface area (Å²) in [4.78, 5) is 0. The average Bonchev–Trinajstić information content (AvgIpc) is 1.61. The average molecular weight is 1140 g/mol. The lowest BCUT2D eigenvalue weighted by Crippen LogP contribution is -2.04. The van der Waals surface area contributed by atoms with Crippen molar-refractivity contribution < 1.29 is 8.83 Å². The maximum Gasteiger partial charge on any atom is 0.145 e. The Morgan fingerprint density at radius 3 is 1.26 bits per heavy atom. The molecule has 8 nitrogen and oxygen atoms in total. The van der Waals surface area contributed by atoms with Crippen LogP contribution in [0, 0.1) is 29.6 Å². The lowest BCUT2D eigenvalue weighted by molar-refractivity contribution is 0.604. The van der Waals surface area contributed by atoms with Gasteiger partial charge in [-0.3, -0.25) is 0 Å². The molecule has 12 aromatic carbocycles. The molecule has 6 heterocycles. The highest BCUT2D eigenvalue weighted by atomic mass is 16.3. The number of hydrogen-bond acceptors (Lipinski definition) is 4. The Kier molecular flexibility index (Phi) is 10.7. The summed E-state index contributed by atoms with van der Waals surface area (Å²) >= 11 is 0. The molecule has 89 heavy (non-hydrogen) atoms. The molecule has 0 saturated heterocycles. The molecule has 0 N–H and O–H groups in total. The molecule has 0 spiro atoms. The fourth-order valence-electron chi connectivity index (χ4n) is 14.4. The van der Waals surface area contributed by atoms with Crippen LogP contribution < -0.4 is 0 Å². The van der Waals surface area contributed by atoms with Crippen molar-refractivity contribution in [2.24, 2.45) is 0 Å². The van der Waals surface area contributed by atoms with Gasteiger partial charge < -0.3 is 27.1 Å². The second kappa shape index (κ2) is 19.1. The van der Waals surface area contributed by atoms with Crippen LogP contribution in [0.2, 0.25) is 0 Å². The van der Waals surface area contributed by atoms with E-state index in [1.54, 1.807) is 6.08 Å². The number of nitrogens with zero attached hydrogens (tertiary/aromatic N) is 6. The van der Waals surface area contributed by atoms with Gasteiger partial charge in [-0.15, -0.1) is 0 Å². The largest absolute Gasteiger partial charge is 0.456 e. The third-order valence-corrected chi connectivity index (χ3v) is 18.4. The van der Waals surface area contributed by atoms with Gasteiger partial charge in [0.15, 0.2) is 0 Å². The number of nitriles is 2. The van der Waals surface area contributed by atoms with Crippen molar-refractivity contribution in [2.75, 3.05) is 0 Å². The van der Waals surface area contributed by atoms with Gasteiger partial charge in [0.05, 0.1) is 77.4 Å². The first-order valence-electron chi connectivity index (χ1n) is 29.8. The van der Waals surface area contributed by atoms with Crippen molar-refractivity contribution in [3.63, 3.8) is 0 Å². The van der Waals surface area contributed by atoms with E-state index >= 15 is 0 Å². The van der Waals surface area contributed by atoms with E-state index in [1.165, 1.54) is 10.8 Å². The number of fused-ring (bicyclic) bond motifs is 18. The van der Waals surface area contributed by atoms with Crippen LogP contribution in [0.25, 0.3) is 171 Å². The highest BCUT2D eigenvalue weighted by Gasteiger charge is 2.27. The van der Waals surface area contributed by atoms with Crippen molar-refractivity contribution in [3.8, 4) is 57.1 Å². The van der Waals surface area contributed by atoms with Crippen LogP contribution in [0.15, 0.2) is 270 Å². The molecule has 0 aliphatic rings. The van der Waals surface area contributed by atoms with E-state index in [-0.39, 0.29) is 0 Å². The Bertz CT molecular complexity index is 6220. The van der Waals surface area contributed by atoms with Crippen molar-refractivity contribution >= 4 is 126 Å². The van der Waals surface area contributed by atoms with Crippen molar-refractivity contribution in [1.82, 2.24) is 18.3 Å². The number of allylic oxidation sites excluding steroid dienone is 2. The molecule has 0 unspecified atom stereocenters. The number of rotatable bonds is 8. The smallest absolute Gasteiger partial charge is 0.145 e. The molecule has 0 aliphatic carbocycles. The molecule has 0 atom stereocenters. The zero-order chi connectivity index (χ0) is 59.2. The van der Waals surface area contributed by atoms with Crippen LogP contribution in [0.3, 0.4) is 0 Å². The number of aryl methyl sites for hydroxylation is 1. The van der Waals surface area contributed by atoms with E-state index in [9.17, 15) is 10.5 Å². The Hall–Kier alpha value is -12.4. The summed E-state index contributed by atoms with van der Waals surface area (Å²) < 4.78 is 22.7. The summed E-state index contributed by atoms with van der Waals surface area (Å²) in [5.41, 5.74) is 19.6. The zero-order valence-electron chi connectivity index (χ0n) is 48.0. The van der Waals surface area contributed by atoms with Crippen molar-refractivity contribution in [2.45, 2.75) is 6.92 Å². The second-order valence-electron chi connectivity index (χ2n) is 23.0. The molecular weight excluding hydrogens is 1090 g/mol. The predicted molar refractivity (Wildman–Crippen MR) is 365 cm³/mol. The molecular formula is C81H48N6O2. The first-order chi connectivity index (χ1) is 43.9. The fourth-order valence-corrected chi connectivity index (χ4v) is 14.4. The minimum absolute atomic E-state index is 0.395. The zero-order valence-corrected chi connectivity index (χ0v) is 48.0. The van der Waals surface area contributed by atoms with Gasteiger partial charge >= 0.3 is 0 Å². The molecule has 0 aliphatic heterocycles. The third-order valence-electron chi connectivity index (χ3n) is 18.4. The van der Waals surface area contributed by atoms with E-state index in [1.807, 2.05) is 48.6 Å². The van der Waals surface area contributed by atoms with Crippen LogP contribution in [-0.2, 0) is 0 Å². The molecule has 0 radical (unpaired) electrons. The summed E-state index contributed by atoms with van der Waals surface area (Å²) in [6.45, 7) is 6.01. The second-order valence-corrected chi connectivity index (χ2v) is 23.0. The van der Waals surface area contributed by atoms with Gasteiger partial charge in [-0.1, -0.05) is 134 Å². The third kappa shape index (κ3) is 7.20. The molecule has 414 valence electrons. The molecule has 6 aromatic heterocycles. The Morgan fingerprint density at radius 2 is 0.764 bits per heavy atom. The number of benzene rings is 12. The van der Waals surface area contributed by atoms with Gasteiger partial charge in [-0.25, -0.2) is 0 Å². The summed E-state index contributed by atoms with van der Waals surface area (Å²) in [5, 5.41) is 34.6. The first-order valence-corrected chi connectivity index (χ1v) is 29.8. The molecule has 0 saturated carbocycles. The molecule has 0 amide bonds. The molecule has 8 heteroatoms. The van der Waals surface area contributed by atoms with Gasteiger partial charge in [0, 0.05) is 65.4 Å². The van der Waals surface area contributed by atoms with Crippen LogP contribution >= 0.6 is 0 Å². The monoisotopic (exact) mass is 1140 g/mol. The predicted octanol–water partition coefficient (Wildman–Crippen LogP) is 21.3. The number of hydrogen-bond donors (Lipinski definition) is 0. The fraction of sp³-hybridized carbons (Fsp3) is 0.0123. The summed E-state index contributed by atoms with van der Waals surface area (Å²) in [7, 11) is 0. The highest BCUT2D eigenvalue weighted by molar-refractivity contribution is 6.25. The maximum atomic E-state index is 11.6. The quantitative estimate of drug-likeness (QED) is 0.142. The number of furan rings is 2. The highest BCUT2D eigenvalue weighted by Crippen LogP contribution is 2.47. The van der Waals surface area contributed by atoms with E-state index in [2.05, 4.69) is 250 Å². The topological polar surface area (TPSA) is 93.6 Å². The summed E-state index contributed by atoms with van der Waals surface area (Å²) in [5.74, 6) is 0.741. The number of aromatic nitrogens is 4. The van der Waals surface area contributed by atoms with Gasteiger partial charge in [0.1, 0.15) is 34.6 Å². The van der Waals surface area contributed by atoms with E-state index in [0.29, 0.717) is 22.5 Å². The van der Waals surface area contributed by atoms with Crippen LogP contribution in [0.4, 0.5) is 0 Å². The van der Waals surface area contributed by atoms with E-state index < -0.39 is 0 Å². The lowest BCUT2D eigenvalue weighted by atomic mass is 10.00. The molecule has 18 aromatic rings. The van der Waals surface area contributed by atoms with Crippen molar-refractivity contribution in [3.05, 3.63) is 284 Å². The van der Waals surface area contributed by atoms with Crippen LogP contribution in [0.1, 0.15) is 22.5 Å². The van der Waals surface area contributed by atoms with Crippen LogP contribution in [-0.4, -0.2) is 18.3 Å². The summed E-state index contributed by atoms with van der Waals surface area (Å²) in [6.07, 6.45) is 5.59. The Morgan fingerprint density at radius 1 is 0.360 bits per heavy atom. The normalized spacial score (nSPS) is 12.1. The Labute approximate surface area is 508 Å².